The number of aromatic nitrogens is 3. The van der Waals surface area contributed by atoms with Crippen LogP contribution < -0.4 is 5.32 Å². The van der Waals surface area contributed by atoms with Gasteiger partial charge in [-0.25, -0.2) is 4.98 Å². The van der Waals surface area contributed by atoms with E-state index in [-0.39, 0.29) is 0 Å². The van der Waals surface area contributed by atoms with E-state index in [1.165, 1.54) is 18.4 Å². The number of hydrogen-bond acceptors (Lipinski definition) is 5. The highest BCUT2D eigenvalue weighted by molar-refractivity contribution is 5.42. The third-order valence-corrected chi connectivity index (χ3v) is 4.03. The molecule has 5 nitrogen and oxygen atoms in total. The van der Waals surface area contributed by atoms with Crippen molar-refractivity contribution < 1.29 is 0 Å². The van der Waals surface area contributed by atoms with Crippen LogP contribution in [0.5, 0.6) is 0 Å². The van der Waals surface area contributed by atoms with Gasteiger partial charge in [0.1, 0.15) is 5.82 Å². The molecule has 1 saturated heterocycles. The van der Waals surface area contributed by atoms with Crippen LogP contribution in [0.2, 0.25) is 0 Å². The molecule has 0 unspecified atom stereocenters. The Balaban J connectivity index is 1.69. The molecule has 0 aromatic carbocycles. The monoisotopic (exact) mass is 283 g/mol. The molecule has 1 N–H and O–H groups in total. The van der Waals surface area contributed by atoms with Gasteiger partial charge in [-0.3, -0.25) is 14.9 Å². The zero-order chi connectivity index (χ0) is 14.5. The maximum absolute atomic E-state index is 4.46. The van der Waals surface area contributed by atoms with Crippen LogP contribution in [-0.2, 0) is 6.54 Å². The standard InChI is InChI=1S/C16H21N5/c1-17-16-14(4-2-6-20-16)12-21-9-3-5-13(11-21)15-10-18-7-8-19-15/h2,4,6-8,10,13H,3,5,9,11-12H2,1H3,(H,17,20)/t13-/m1/s1. The Morgan fingerprint density at radius 1 is 1.29 bits per heavy atom. The predicted molar refractivity (Wildman–Crippen MR) is 83.1 cm³/mol. The summed E-state index contributed by atoms with van der Waals surface area (Å²) in [5.41, 5.74) is 2.36. The summed E-state index contributed by atoms with van der Waals surface area (Å²) in [4.78, 5) is 15.5. The predicted octanol–water partition coefficient (Wildman–Crippen LogP) is 2.29. The fourth-order valence-electron chi connectivity index (χ4n) is 2.99. The highest BCUT2D eigenvalue weighted by Crippen LogP contribution is 2.26. The fourth-order valence-corrected chi connectivity index (χ4v) is 2.99. The highest BCUT2D eigenvalue weighted by atomic mass is 15.1. The normalized spacial score (nSPS) is 19.4. The second kappa shape index (κ2) is 6.63. The van der Waals surface area contributed by atoms with Crippen molar-refractivity contribution in [3.05, 3.63) is 48.2 Å². The van der Waals surface area contributed by atoms with Crippen molar-refractivity contribution in [3.63, 3.8) is 0 Å². The van der Waals surface area contributed by atoms with Gasteiger partial charge in [-0.05, 0) is 25.5 Å². The van der Waals surface area contributed by atoms with Crippen LogP contribution in [0.1, 0.15) is 30.0 Å². The molecule has 1 atom stereocenters. The molecule has 0 radical (unpaired) electrons. The Hall–Kier alpha value is -2.01. The Morgan fingerprint density at radius 3 is 3.05 bits per heavy atom. The molecule has 0 spiro atoms. The van der Waals surface area contributed by atoms with Crippen molar-refractivity contribution in [2.45, 2.75) is 25.3 Å². The number of likely N-dealkylation sites (tertiary alicyclic amines) is 1. The number of pyridine rings is 1. The minimum Gasteiger partial charge on any atom is -0.373 e. The molecule has 1 aliphatic rings. The van der Waals surface area contributed by atoms with Gasteiger partial charge in [0.05, 0.1) is 5.69 Å². The van der Waals surface area contributed by atoms with Crippen molar-refractivity contribution in [2.24, 2.45) is 0 Å². The Bertz CT molecular complexity index is 572. The van der Waals surface area contributed by atoms with E-state index in [1.54, 1.807) is 12.4 Å². The topological polar surface area (TPSA) is 53.9 Å². The summed E-state index contributed by atoms with van der Waals surface area (Å²) < 4.78 is 0. The van der Waals surface area contributed by atoms with Gasteiger partial charge in [-0.2, -0.15) is 0 Å². The van der Waals surface area contributed by atoms with E-state index in [9.17, 15) is 0 Å². The summed E-state index contributed by atoms with van der Waals surface area (Å²) in [5, 5.41) is 3.17. The second-order valence-electron chi connectivity index (χ2n) is 5.47. The molecule has 0 bridgehead atoms. The van der Waals surface area contributed by atoms with Crippen LogP contribution in [0.15, 0.2) is 36.9 Å². The summed E-state index contributed by atoms with van der Waals surface area (Å²) in [6, 6.07) is 4.14. The molecule has 1 fully saturated rings. The summed E-state index contributed by atoms with van der Waals surface area (Å²) in [6.45, 7) is 3.10. The number of piperidine rings is 1. The van der Waals surface area contributed by atoms with Crippen molar-refractivity contribution in [1.82, 2.24) is 19.9 Å². The third kappa shape index (κ3) is 3.36. The minimum absolute atomic E-state index is 0.488. The third-order valence-electron chi connectivity index (χ3n) is 4.03. The lowest BCUT2D eigenvalue weighted by Crippen LogP contribution is -2.34. The first-order chi connectivity index (χ1) is 10.4. The van der Waals surface area contributed by atoms with E-state index in [1.807, 2.05) is 25.5 Å². The molecular weight excluding hydrogens is 262 g/mol. The molecule has 0 amide bonds. The number of nitrogens with zero attached hydrogens (tertiary/aromatic N) is 4. The van der Waals surface area contributed by atoms with Crippen LogP contribution in [-0.4, -0.2) is 40.0 Å². The summed E-state index contributed by atoms with van der Waals surface area (Å²) >= 11 is 0. The van der Waals surface area contributed by atoms with Crippen LogP contribution in [0.4, 0.5) is 5.82 Å². The zero-order valence-corrected chi connectivity index (χ0v) is 12.4. The summed E-state index contributed by atoms with van der Waals surface area (Å²) in [7, 11) is 1.92. The molecule has 3 heterocycles. The average molecular weight is 283 g/mol. The fraction of sp³-hybridized carbons (Fsp3) is 0.438. The number of hydrogen-bond donors (Lipinski definition) is 1. The molecule has 1 aliphatic heterocycles. The van der Waals surface area contributed by atoms with Gasteiger partial charge < -0.3 is 5.32 Å². The Kier molecular flexibility index (Phi) is 4.40. The van der Waals surface area contributed by atoms with Gasteiger partial charge in [-0.15, -0.1) is 0 Å². The maximum Gasteiger partial charge on any atom is 0.130 e. The van der Waals surface area contributed by atoms with E-state index in [4.69, 9.17) is 0 Å². The average Bonchev–Trinajstić information content (AvgIpc) is 2.56. The quantitative estimate of drug-likeness (QED) is 0.933. The zero-order valence-electron chi connectivity index (χ0n) is 12.4. The van der Waals surface area contributed by atoms with E-state index in [0.29, 0.717) is 5.92 Å². The van der Waals surface area contributed by atoms with Gasteiger partial charge in [0.2, 0.25) is 0 Å². The molecule has 110 valence electrons. The van der Waals surface area contributed by atoms with Gasteiger partial charge in [0, 0.05) is 56.4 Å². The SMILES string of the molecule is CNc1ncccc1CN1CCC[C@@H](c2cnccn2)C1. The van der Waals surface area contributed by atoms with Crippen LogP contribution >= 0.6 is 0 Å². The lowest BCUT2D eigenvalue weighted by molar-refractivity contribution is 0.198. The number of rotatable bonds is 4. The largest absolute Gasteiger partial charge is 0.373 e. The molecule has 5 heteroatoms. The Labute approximate surface area is 125 Å². The molecule has 2 aromatic heterocycles. The smallest absolute Gasteiger partial charge is 0.130 e. The van der Waals surface area contributed by atoms with Gasteiger partial charge in [-0.1, -0.05) is 6.07 Å². The van der Waals surface area contributed by atoms with Crippen LogP contribution in [0.25, 0.3) is 0 Å². The minimum atomic E-state index is 0.488. The summed E-state index contributed by atoms with van der Waals surface area (Å²) in [5.74, 6) is 1.46. The van der Waals surface area contributed by atoms with Gasteiger partial charge in [0.15, 0.2) is 0 Å². The maximum atomic E-state index is 4.46. The molecule has 0 aliphatic carbocycles. The lowest BCUT2D eigenvalue weighted by atomic mass is 9.94. The van der Waals surface area contributed by atoms with Crippen LogP contribution in [0.3, 0.4) is 0 Å². The summed E-state index contributed by atoms with van der Waals surface area (Å²) in [6.07, 6.45) is 9.65. The number of anilines is 1. The van der Waals surface area contributed by atoms with Crippen molar-refractivity contribution in [3.8, 4) is 0 Å². The second-order valence-corrected chi connectivity index (χ2v) is 5.47. The van der Waals surface area contributed by atoms with E-state index in [0.717, 1.165) is 31.1 Å². The highest BCUT2D eigenvalue weighted by Gasteiger charge is 2.23. The van der Waals surface area contributed by atoms with Gasteiger partial charge in [0.25, 0.3) is 0 Å². The first kappa shape index (κ1) is 13.9. The van der Waals surface area contributed by atoms with Crippen molar-refractivity contribution in [2.75, 3.05) is 25.5 Å². The van der Waals surface area contributed by atoms with Gasteiger partial charge >= 0.3 is 0 Å². The number of nitrogens with one attached hydrogen (secondary N) is 1. The first-order valence-electron chi connectivity index (χ1n) is 7.46. The van der Waals surface area contributed by atoms with Crippen molar-refractivity contribution in [1.29, 1.82) is 0 Å². The first-order valence-corrected chi connectivity index (χ1v) is 7.46. The van der Waals surface area contributed by atoms with Crippen molar-refractivity contribution >= 4 is 5.82 Å². The molecule has 3 rings (SSSR count). The molecule has 0 saturated carbocycles. The molecule has 21 heavy (non-hydrogen) atoms. The van der Waals surface area contributed by atoms with Crippen LogP contribution in [0, 0.1) is 0 Å². The molecular formula is C16H21N5. The molecule has 2 aromatic rings. The van der Waals surface area contributed by atoms with E-state index in [2.05, 4.69) is 31.2 Å². The van der Waals surface area contributed by atoms with E-state index < -0.39 is 0 Å². The Morgan fingerprint density at radius 2 is 2.24 bits per heavy atom. The lowest BCUT2D eigenvalue weighted by Gasteiger charge is -2.32. The van der Waals surface area contributed by atoms with E-state index >= 15 is 0 Å².